The van der Waals surface area contributed by atoms with Crippen molar-refractivity contribution in [3.8, 4) is 34.0 Å². The van der Waals surface area contributed by atoms with Gasteiger partial charge in [-0.25, -0.2) is 9.59 Å². The second kappa shape index (κ2) is 12.5. The van der Waals surface area contributed by atoms with E-state index in [0.717, 1.165) is 33.6 Å². The normalized spacial score (nSPS) is 11.2. The van der Waals surface area contributed by atoms with Crippen LogP contribution in [-0.4, -0.2) is 35.3 Å². The Bertz CT molecular complexity index is 1890. The fraction of sp³-hybridized carbons (Fsp3) is 0.211. The number of nitrogens with zero attached hydrogens (tertiary/aromatic N) is 2. The monoisotopic (exact) mass is 616 g/mol. The summed E-state index contributed by atoms with van der Waals surface area (Å²) in [7, 11) is 2.77. The minimum Gasteiger partial charge on any atom is -0.465 e. The number of carbonyl (C=O) groups excluding carboxylic acids is 2. The quantitative estimate of drug-likeness (QED) is 0.152. The molecule has 0 spiro atoms. The van der Waals surface area contributed by atoms with Crippen LogP contribution in [-0.2, 0) is 22.6 Å². The topological polar surface area (TPSA) is 88.7 Å². The summed E-state index contributed by atoms with van der Waals surface area (Å²) in [6, 6.07) is 23.8. The van der Waals surface area contributed by atoms with E-state index in [0.29, 0.717) is 58.3 Å². The smallest absolute Gasteiger partial charge is 0.340 e. The third-order valence-electron chi connectivity index (χ3n) is 8.85. The molecule has 0 unspecified atom stereocenters. The van der Waals surface area contributed by atoms with Gasteiger partial charge in [-0.05, 0) is 62.1 Å². The molecule has 8 heteroatoms. The van der Waals surface area contributed by atoms with Gasteiger partial charge in [0.05, 0.1) is 49.3 Å². The van der Waals surface area contributed by atoms with Crippen LogP contribution in [0.5, 0.6) is 0 Å². The number of methoxy groups -OCH3 is 2. The van der Waals surface area contributed by atoms with Crippen molar-refractivity contribution in [1.29, 1.82) is 0 Å². The summed E-state index contributed by atoms with van der Waals surface area (Å²) in [6.45, 7) is 8.90. The lowest BCUT2D eigenvalue weighted by molar-refractivity contribution is 0.0592. The Hall–Kier alpha value is -5.50. The van der Waals surface area contributed by atoms with E-state index < -0.39 is 11.9 Å². The van der Waals surface area contributed by atoms with Gasteiger partial charge >= 0.3 is 11.9 Å². The molecule has 0 atom stereocenters. The van der Waals surface area contributed by atoms with Crippen LogP contribution in [0, 0.1) is 27.7 Å². The summed E-state index contributed by atoms with van der Waals surface area (Å²) < 4.78 is 27.2. The summed E-state index contributed by atoms with van der Waals surface area (Å²) in [4.78, 5) is 26.6. The van der Waals surface area contributed by atoms with E-state index in [4.69, 9.17) is 18.3 Å². The van der Waals surface area contributed by atoms with Crippen molar-refractivity contribution < 1.29 is 27.9 Å². The highest BCUT2D eigenvalue weighted by Gasteiger charge is 2.32. The average molecular weight is 617 g/mol. The van der Waals surface area contributed by atoms with Crippen molar-refractivity contribution in [1.82, 2.24) is 9.13 Å². The second-order valence-corrected chi connectivity index (χ2v) is 11.3. The molecule has 46 heavy (non-hydrogen) atoms. The summed E-state index contributed by atoms with van der Waals surface area (Å²) in [5.74, 6) is -0.0264. The molecule has 2 aromatic carbocycles. The van der Waals surface area contributed by atoms with Gasteiger partial charge in [0.1, 0.15) is 0 Å². The zero-order chi connectivity index (χ0) is 32.5. The number of aromatic nitrogens is 2. The molecule has 0 bridgehead atoms. The maximum atomic E-state index is 13.3. The molecule has 4 heterocycles. The molecule has 8 nitrogen and oxygen atoms in total. The zero-order valence-electron chi connectivity index (χ0n) is 26.8. The lowest BCUT2D eigenvalue weighted by Crippen LogP contribution is -2.08. The molecule has 0 aliphatic rings. The lowest BCUT2D eigenvalue weighted by Gasteiger charge is -2.15. The fourth-order valence-electron chi connectivity index (χ4n) is 6.26. The molecule has 0 N–H and O–H groups in total. The molecule has 0 saturated heterocycles. The highest BCUT2D eigenvalue weighted by Crippen LogP contribution is 2.45. The highest BCUT2D eigenvalue weighted by atomic mass is 16.5. The molecular weight excluding hydrogens is 580 g/mol. The number of carbonyl (C=O) groups is 2. The maximum Gasteiger partial charge on any atom is 0.340 e. The molecule has 0 amide bonds. The lowest BCUT2D eigenvalue weighted by atomic mass is 10.00. The van der Waals surface area contributed by atoms with E-state index in [1.54, 1.807) is 12.5 Å². The van der Waals surface area contributed by atoms with Crippen LogP contribution in [0.1, 0.15) is 54.4 Å². The van der Waals surface area contributed by atoms with Crippen LogP contribution in [0.25, 0.3) is 34.0 Å². The first-order valence-corrected chi connectivity index (χ1v) is 15.1. The summed E-state index contributed by atoms with van der Waals surface area (Å²) in [5.41, 5.74) is 9.24. The number of hydrogen-bond acceptors (Lipinski definition) is 6. The van der Waals surface area contributed by atoms with Crippen molar-refractivity contribution in [3.63, 3.8) is 0 Å². The third-order valence-corrected chi connectivity index (χ3v) is 8.85. The van der Waals surface area contributed by atoms with E-state index in [2.05, 4.69) is 33.4 Å². The van der Waals surface area contributed by atoms with Crippen LogP contribution in [0.3, 0.4) is 0 Å². The van der Waals surface area contributed by atoms with Crippen molar-refractivity contribution >= 4 is 11.9 Å². The Balaban J connectivity index is 1.58. The molecule has 0 aliphatic heterocycles. The molecular formula is C38H36N2O6. The minimum atomic E-state index is -0.440. The first kappa shape index (κ1) is 30.5. The largest absolute Gasteiger partial charge is 0.465 e. The van der Waals surface area contributed by atoms with Crippen molar-refractivity contribution in [2.24, 2.45) is 0 Å². The van der Waals surface area contributed by atoms with Crippen LogP contribution in [0.2, 0.25) is 0 Å². The first-order valence-electron chi connectivity index (χ1n) is 15.1. The summed E-state index contributed by atoms with van der Waals surface area (Å²) in [6.07, 6.45) is 3.17. The van der Waals surface area contributed by atoms with Crippen LogP contribution >= 0.6 is 0 Å². The predicted molar refractivity (Wildman–Crippen MR) is 176 cm³/mol. The van der Waals surface area contributed by atoms with Crippen LogP contribution in [0.15, 0.2) is 94.2 Å². The predicted octanol–water partition coefficient (Wildman–Crippen LogP) is 8.38. The number of ether oxygens (including phenoxy) is 2. The van der Waals surface area contributed by atoms with E-state index in [1.807, 2.05) is 76.2 Å². The standard InChI is InChI=1S/C38H36N2O6/c1-23-25(3)39(21-27-13-9-7-10-14-27)33(31(23)37(41)43-5)29-17-19-45-35(29)36-30(18-20-46-36)34-32(38(42)44-6)24(2)26(4)40(34)22-28-15-11-8-12-16-28/h7-20H,21-22H2,1-6H3. The minimum absolute atomic E-state index is 0.426. The van der Waals surface area contributed by atoms with Gasteiger partial charge < -0.3 is 27.4 Å². The highest BCUT2D eigenvalue weighted by molar-refractivity contribution is 6.03. The van der Waals surface area contributed by atoms with E-state index in [-0.39, 0.29) is 0 Å². The Morgan fingerprint density at radius 2 is 0.957 bits per heavy atom. The average Bonchev–Trinajstić information content (AvgIpc) is 3.85. The molecule has 0 saturated carbocycles. The van der Waals surface area contributed by atoms with Crippen molar-refractivity contribution in [3.05, 3.63) is 130 Å². The molecule has 6 rings (SSSR count). The van der Waals surface area contributed by atoms with Crippen molar-refractivity contribution in [2.45, 2.75) is 40.8 Å². The molecule has 0 radical (unpaired) electrons. The summed E-state index contributed by atoms with van der Waals surface area (Å²) in [5, 5.41) is 0. The Morgan fingerprint density at radius 3 is 1.30 bits per heavy atom. The van der Waals surface area contributed by atoms with Gasteiger partial charge in [0, 0.05) is 35.6 Å². The van der Waals surface area contributed by atoms with Gasteiger partial charge in [-0.2, -0.15) is 0 Å². The number of rotatable bonds is 9. The first-order chi connectivity index (χ1) is 22.3. The molecule has 234 valence electrons. The van der Waals surface area contributed by atoms with Crippen molar-refractivity contribution in [2.75, 3.05) is 14.2 Å². The number of esters is 2. The summed E-state index contributed by atoms with van der Waals surface area (Å²) >= 11 is 0. The SMILES string of the molecule is COC(=O)c1c(C)c(C)n(Cc2ccccc2)c1-c1ccoc1-c1occc1-c1c(C(=O)OC)c(C)c(C)n1Cc1ccccc1. The van der Waals surface area contributed by atoms with E-state index >= 15 is 0 Å². The van der Waals surface area contributed by atoms with E-state index in [9.17, 15) is 9.59 Å². The molecule has 0 aliphatic carbocycles. The van der Waals surface area contributed by atoms with E-state index in [1.165, 1.54) is 14.2 Å². The Kier molecular flexibility index (Phi) is 8.28. The zero-order valence-corrected chi connectivity index (χ0v) is 26.8. The van der Waals surface area contributed by atoms with Gasteiger partial charge in [0.25, 0.3) is 0 Å². The number of benzene rings is 2. The van der Waals surface area contributed by atoms with Gasteiger partial charge in [-0.15, -0.1) is 0 Å². The fourth-order valence-corrected chi connectivity index (χ4v) is 6.26. The molecule has 6 aromatic rings. The van der Waals surface area contributed by atoms with Crippen LogP contribution < -0.4 is 0 Å². The third kappa shape index (κ3) is 5.15. The van der Waals surface area contributed by atoms with Crippen LogP contribution in [0.4, 0.5) is 0 Å². The Labute approximate surface area is 267 Å². The molecule has 0 fully saturated rings. The number of furan rings is 2. The van der Waals surface area contributed by atoms with Gasteiger partial charge in [-0.1, -0.05) is 60.7 Å². The molecule has 4 aromatic heterocycles. The van der Waals surface area contributed by atoms with Gasteiger partial charge in [0.15, 0.2) is 11.5 Å². The maximum absolute atomic E-state index is 13.3. The number of hydrogen-bond donors (Lipinski definition) is 0. The van der Waals surface area contributed by atoms with Gasteiger partial charge in [0.2, 0.25) is 0 Å². The van der Waals surface area contributed by atoms with Gasteiger partial charge in [-0.3, -0.25) is 0 Å². The Morgan fingerprint density at radius 1 is 0.587 bits per heavy atom. The second-order valence-electron chi connectivity index (χ2n) is 11.3.